The summed E-state index contributed by atoms with van der Waals surface area (Å²) in [7, 11) is 1.23. The summed E-state index contributed by atoms with van der Waals surface area (Å²) in [4.78, 5) is 2.28. The lowest BCUT2D eigenvalue weighted by molar-refractivity contribution is 0.417. The molecule has 1 heterocycles. The van der Waals surface area contributed by atoms with Crippen LogP contribution in [0.3, 0.4) is 0 Å². The van der Waals surface area contributed by atoms with Crippen molar-refractivity contribution in [3.63, 3.8) is 0 Å². The Labute approximate surface area is 121 Å². The number of rotatable bonds is 3. The molecule has 1 unspecified atom stereocenters. The minimum atomic E-state index is -2.04. The van der Waals surface area contributed by atoms with Gasteiger partial charge in [0.25, 0.3) is 0 Å². The molecule has 1 atom stereocenters. The molecule has 0 spiro atoms. The monoisotopic (exact) mass is 297 g/mol. The van der Waals surface area contributed by atoms with Crippen molar-refractivity contribution in [2.45, 2.75) is 18.1 Å². The molecule has 0 saturated carbocycles. The molecule has 0 bridgehead atoms. The van der Waals surface area contributed by atoms with Crippen LogP contribution in [-0.4, -0.2) is 43.0 Å². The third kappa shape index (κ3) is 3.00. The molecule has 2 N–H and O–H groups in total. The van der Waals surface area contributed by atoms with Gasteiger partial charge in [0.1, 0.15) is 5.75 Å². The van der Waals surface area contributed by atoms with E-state index in [1.165, 1.54) is 0 Å². The van der Waals surface area contributed by atoms with Crippen LogP contribution in [0.1, 0.15) is 12.8 Å². The van der Waals surface area contributed by atoms with Gasteiger partial charge in [0.05, 0.1) is 12.8 Å². The standard InChI is InChI=1S/C14H23N3O2S/c1-16-20(3,18)12-6-8-17(9-7-12)11-4-5-13(15)14(10-11)19-2/h4-5,10,12H,6-9,15H2,1-3H3. The van der Waals surface area contributed by atoms with E-state index in [0.717, 1.165) is 31.6 Å². The third-order valence-corrected chi connectivity index (χ3v) is 6.44. The molecule has 1 fully saturated rings. The van der Waals surface area contributed by atoms with Gasteiger partial charge >= 0.3 is 0 Å². The molecule has 2 rings (SSSR count). The van der Waals surface area contributed by atoms with Crippen LogP contribution in [-0.2, 0) is 9.73 Å². The fourth-order valence-corrected chi connectivity index (χ4v) is 3.98. The van der Waals surface area contributed by atoms with Crippen LogP contribution in [0.15, 0.2) is 22.6 Å². The molecule has 0 aliphatic carbocycles. The number of benzene rings is 1. The van der Waals surface area contributed by atoms with E-state index in [2.05, 4.69) is 9.26 Å². The Hall–Kier alpha value is -1.43. The smallest absolute Gasteiger partial charge is 0.143 e. The lowest BCUT2D eigenvalue weighted by Crippen LogP contribution is -2.38. The van der Waals surface area contributed by atoms with Gasteiger partial charge in [0.15, 0.2) is 0 Å². The average Bonchev–Trinajstić information content (AvgIpc) is 2.48. The number of nitrogens with two attached hydrogens (primary N) is 1. The highest BCUT2D eigenvalue weighted by Crippen LogP contribution is 2.30. The van der Waals surface area contributed by atoms with E-state index >= 15 is 0 Å². The summed E-state index contributed by atoms with van der Waals surface area (Å²) >= 11 is 0. The molecule has 5 nitrogen and oxygen atoms in total. The van der Waals surface area contributed by atoms with Crippen LogP contribution in [0.2, 0.25) is 0 Å². The van der Waals surface area contributed by atoms with E-state index in [4.69, 9.17) is 10.5 Å². The van der Waals surface area contributed by atoms with Crippen LogP contribution in [0.4, 0.5) is 11.4 Å². The van der Waals surface area contributed by atoms with Gasteiger partial charge in [0.2, 0.25) is 0 Å². The molecule has 0 aromatic heterocycles. The van der Waals surface area contributed by atoms with Gasteiger partial charge in [-0.15, -0.1) is 0 Å². The van der Waals surface area contributed by atoms with Gasteiger partial charge in [-0.2, -0.15) is 0 Å². The second-order valence-corrected chi connectivity index (χ2v) is 7.91. The first-order valence-corrected chi connectivity index (χ1v) is 8.74. The molecule has 20 heavy (non-hydrogen) atoms. The first-order chi connectivity index (χ1) is 9.47. The normalized spacial score (nSPS) is 19.4. The molecule has 6 heteroatoms. The number of methoxy groups -OCH3 is 1. The van der Waals surface area contributed by atoms with Crippen molar-refractivity contribution in [1.82, 2.24) is 0 Å². The summed E-state index contributed by atoms with van der Waals surface area (Å²) in [6.45, 7) is 1.77. The van der Waals surface area contributed by atoms with Gasteiger partial charge in [-0.05, 0) is 25.0 Å². The molecular formula is C14H23N3O2S. The van der Waals surface area contributed by atoms with Crippen molar-refractivity contribution in [1.29, 1.82) is 0 Å². The first kappa shape index (κ1) is 15.0. The van der Waals surface area contributed by atoms with Crippen molar-refractivity contribution >= 4 is 21.1 Å². The second-order valence-electron chi connectivity index (χ2n) is 5.16. The van der Waals surface area contributed by atoms with Crippen LogP contribution in [0.25, 0.3) is 0 Å². The largest absolute Gasteiger partial charge is 0.495 e. The maximum Gasteiger partial charge on any atom is 0.143 e. The van der Waals surface area contributed by atoms with Crippen LogP contribution in [0.5, 0.6) is 5.75 Å². The van der Waals surface area contributed by atoms with Gasteiger partial charge in [-0.3, -0.25) is 0 Å². The maximum absolute atomic E-state index is 12.3. The van der Waals surface area contributed by atoms with Gasteiger partial charge in [-0.25, -0.2) is 8.57 Å². The van der Waals surface area contributed by atoms with Crippen LogP contribution in [0, 0.1) is 0 Å². The van der Waals surface area contributed by atoms with E-state index in [1.807, 2.05) is 18.2 Å². The number of nitrogen functional groups attached to an aromatic ring is 1. The lowest BCUT2D eigenvalue weighted by Gasteiger charge is -2.34. The highest BCUT2D eigenvalue weighted by atomic mass is 32.2. The van der Waals surface area contributed by atoms with Crippen molar-refractivity contribution < 1.29 is 8.95 Å². The zero-order valence-corrected chi connectivity index (χ0v) is 13.2. The molecule has 1 aromatic carbocycles. The van der Waals surface area contributed by atoms with E-state index in [9.17, 15) is 4.21 Å². The number of anilines is 2. The van der Waals surface area contributed by atoms with Crippen molar-refractivity contribution in [3.05, 3.63) is 18.2 Å². The van der Waals surface area contributed by atoms with Crippen LogP contribution < -0.4 is 15.4 Å². The number of hydrogen-bond donors (Lipinski definition) is 1. The molecule has 1 aliphatic heterocycles. The third-order valence-electron chi connectivity index (χ3n) is 4.01. The number of ether oxygens (including phenoxy) is 1. The zero-order chi connectivity index (χ0) is 14.8. The Morgan fingerprint density at radius 3 is 2.60 bits per heavy atom. The van der Waals surface area contributed by atoms with E-state index in [1.54, 1.807) is 20.4 Å². The Kier molecular flexibility index (Phi) is 4.42. The highest BCUT2D eigenvalue weighted by molar-refractivity contribution is 7.93. The topological polar surface area (TPSA) is 67.9 Å². The molecule has 1 aliphatic rings. The summed E-state index contributed by atoms with van der Waals surface area (Å²) in [5.41, 5.74) is 7.58. The summed E-state index contributed by atoms with van der Waals surface area (Å²) in [5, 5.41) is 0.194. The van der Waals surface area contributed by atoms with Crippen molar-refractivity contribution in [2.75, 3.05) is 44.1 Å². The lowest BCUT2D eigenvalue weighted by atomic mass is 10.1. The number of nitrogens with zero attached hydrogens (tertiary/aromatic N) is 2. The predicted octanol–water partition coefficient (Wildman–Crippen LogP) is 1.97. The fourth-order valence-electron chi connectivity index (χ4n) is 2.60. The minimum Gasteiger partial charge on any atom is -0.495 e. The van der Waals surface area contributed by atoms with Gasteiger partial charge < -0.3 is 15.4 Å². The maximum atomic E-state index is 12.3. The predicted molar refractivity (Wildman–Crippen MR) is 85.1 cm³/mol. The Balaban J connectivity index is 2.10. The quantitative estimate of drug-likeness (QED) is 0.866. The van der Waals surface area contributed by atoms with Gasteiger partial charge in [-0.1, -0.05) is 0 Å². The second kappa shape index (κ2) is 5.91. The number of piperidine rings is 1. The summed E-state index contributed by atoms with van der Waals surface area (Å²) in [5.74, 6) is 0.701. The molecule has 112 valence electrons. The molecule has 1 aromatic rings. The zero-order valence-electron chi connectivity index (χ0n) is 12.3. The fraction of sp³-hybridized carbons (Fsp3) is 0.571. The van der Waals surface area contributed by atoms with Crippen molar-refractivity contribution in [3.8, 4) is 5.75 Å². The summed E-state index contributed by atoms with van der Waals surface area (Å²) in [6, 6.07) is 5.83. The Morgan fingerprint density at radius 1 is 1.40 bits per heavy atom. The molecule has 0 amide bonds. The first-order valence-electron chi connectivity index (χ1n) is 6.75. The van der Waals surface area contributed by atoms with E-state index in [-0.39, 0.29) is 5.25 Å². The Bertz CT molecular complexity index is 586. The molecular weight excluding hydrogens is 274 g/mol. The van der Waals surface area contributed by atoms with Gasteiger partial charge in [0, 0.05) is 53.1 Å². The Morgan fingerprint density at radius 2 is 2.05 bits per heavy atom. The molecule has 1 saturated heterocycles. The highest BCUT2D eigenvalue weighted by Gasteiger charge is 2.25. The SMILES string of the molecule is CN=S(C)(=O)C1CCN(c2ccc(N)c(OC)c2)CC1. The number of hydrogen-bond acceptors (Lipinski definition) is 5. The van der Waals surface area contributed by atoms with Crippen LogP contribution >= 0.6 is 0 Å². The van der Waals surface area contributed by atoms with Crippen molar-refractivity contribution in [2.24, 2.45) is 4.36 Å². The molecule has 0 radical (unpaired) electrons. The average molecular weight is 297 g/mol. The summed E-state index contributed by atoms with van der Waals surface area (Å²) in [6.07, 6.45) is 3.57. The van der Waals surface area contributed by atoms with E-state index in [0.29, 0.717) is 11.4 Å². The van der Waals surface area contributed by atoms with E-state index < -0.39 is 9.73 Å². The minimum absolute atomic E-state index is 0.194. The summed E-state index contributed by atoms with van der Waals surface area (Å²) < 4.78 is 21.6.